The van der Waals surface area contributed by atoms with E-state index in [2.05, 4.69) is 6.92 Å². The van der Waals surface area contributed by atoms with Gasteiger partial charge < -0.3 is 71.1 Å². The smallest absolute Gasteiger partial charge is 0.335 e. The second-order valence-corrected chi connectivity index (χ2v) is 10.5. The molecule has 0 aromatic heterocycles. The number of aliphatic hydroxyl groups excluding tert-OH is 12. The van der Waals surface area contributed by atoms with Crippen LogP contribution in [0.3, 0.4) is 0 Å². The van der Waals surface area contributed by atoms with Gasteiger partial charge in [-0.3, -0.25) is 0 Å². The highest BCUT2D eigenvalue weighted by molar-refractivity contribution is 5.73. The van der Waals surface area contributed by atoms with Gasteiger partial charge in [0.2, 0.25) is 0 Å². The minimum Gasteiger partial charge on any atom is -0.479 e. The van der Waals surface area contributed by atoms with Gasteiger partial charge in [-0.25, -0.2) is 4.79 Å². The van der Waals surface area contributed by atoms with Crippen LogP contribution in [-0.2, 0) is 9.53 Å². The molecular formula is C26H52O15. The van der Waals surface area contributed by atoms with Gasteiger partial charge in [0.05, 0.1) is 6.61 Å². The van der Waals surface area contributed by atoms with E-state index in [0.717, 1.165) is 32.1 Å². The molecule has 0 aliphatic rings. The van der Waals surface area contributed by atoms with Gasteiger partial charge in [-0.1, -0.05) is 64.7 Å². The van der Waals surface area contributed by atoms with Gasteiger partial charge in [0.1, 0.15) is 67.1 Å². The molecule has 15 nitrogen and oxygen atoms in total. The SMILES string of the molecule is CCCCCCCCCCCCOC(C(=O)O)C(O)C(O)C(O)C(O)C(O)C(O)C(O)C(O)C(O)C(O)C(O)CO. The number of carboxylic acids is 1. The number of hydrogen-bond acceptors (Lipinski definition) is 14. The number of rotatable bonds is 25. The van der Waals surface area contributed by atoms with E-state index in [1.165, 1.54) is 25.7 Å². The molecule has 0 amide bonds. The summed E-state index contributed by atoms with van der Waals surface area (Å²) in [7, 11) is 0. The Morgan fingerprint density at radius 3 is 1.17 bits per heavy atom. The van der Waals surface area contributed by atoms with Gasteiger partial charge in [-0.05, 0) is 6.42 Å². The fourth-order valence-corrected chi connectivity index (χ4v) is 4.25. The van der Waals surface area contributed by atoms with Crippen LogP contribution in [0.4, 0.5) is 0 Å². The molecule has 0 fully saturated rings. The Bertz CT molecular complexity index is 671. The molecule has 0 spiro atoms. The molecule has 0 aliphatic heterocycles. The van der Waals surface area contributed by atoms with Crippen molar-refractivity contribution < 1.29 is 75.9 Å². The molecule has 12 atom stereocenters. The lowest BCUT2D eigenvalue weighted by Gasteiger charge is -2.35. The number of carbonyl (C=O) groups is 1. The first-order valence-corrected chi connectivity index (χ1v) is 14.2. The second kappa shape index (κ2) is 21.6. The predicted molar refractivity (Wildman–Crippen MR) is 142 cm³/mol. The Kier molecular flexibility index (Phi) is 21.1. The molecule has 0 saturated heterocycles. The third-order valence-electron chi connectivity index (χ3n) is 7.08. The van der Waals surface area contributed by atoms with Crippen molar-refractivity contribution in [2.45, 2.75) is 144 Å². The molecule has 0 bridgehead atoms. The minimum atomic E-state index is -2.54. The summed E-state index contributed by atoms with van der Waals surface area (Å²) in [5, 5.41) is 128. The molecule has 0 aromatic carbocycles. The van der Waals surface area contributed by atoms with E-state index in [-0.39, 0.29) is 6.61 Å². The van der Waals surface area contributed by atoms with Crippen molar-refractivity contribution >= 4 is 5.97 Å². The van der Waals surface area contributed by atoms with Crippen molar-refractivity contribution in [1.29, 1.82) is 0 Å². The van der Waals surface area contributed by atoms with E-state index in [4.69, 9.17) is 9.84 Å². The number of ether oxygens (including phenoxy) is 1. The normalized spacial score (nSPS) is 21.1. The molecular weight excluding hydrogens is 552 g/mol. The lowest BCUT2D eigenvalue weighted by atomic mass is 9.89. The van der Waals surface area contributed by atoms with Gasteiger partial charge in [-0.2, -0.15) is 0 Å². The van der Waals surface area contributed by atoms with Crippen LogP contribution in [0.5, 0.6) is 0 Å². The molecule has 13 N–H and O–H groups in total. The molecule has 0 aromatic rings. The van der Waals surface area contributed by atoms with Crippen LogP contribution in [0, 0.1) is 0 Å². The molecule has 0 radical (unpaired) electrons. The van der Waals surface area contributed by atoms with Crippen molar-refractivity contribution in [3.05, 3.63) is 0 Å². The van der Waals surface area contributed by atoms with E-state index in [0.29, 0.717) is 6.42 Å². The highest BCUT2D eigenvalue weighted by atomic mass is 16.5. The van der Waals surface area contributed by atoms with Crippen molar-refractivity contribution in [2.24, 2.45) is 0 Å². The Morgan fingerprint density at radius 1 is 0.512 bits per heavy atom. The molecule has 0 aliphatic carbocycles. The van der Waals surface area contributed by atoms with Crippen molar-refractivity contribution in [3.63, 3.8) is 0 Å². The van der Waals surface area contributed by atoms with Gasteiger partial charge >= 0.3 is 5.97 Å². The summed E-state index contributed by atoms with van der Waals surface area (Å²) in [6, 6.07) is 0. The van der Waals surface area contributed by atoms with Crippen LogP contribution in [0.2, 0.25) is 0 Å². The van der Waals surface area contributed by atoms with E-state index in [1.807, 2.05) is 0 Å². The number of unbranched alkanes of at least 4 members (excludes halogenated alkanes) is 9. The highest BCUT2D eigenvalue weighted by Crippen LogP contribution is 2.19. The zero-order valence-corrected chi connectivity index (χ0v) is 23.5. The molecule has 246 valence electrons. The predicted octanol–water partition coefficient (Wildman–Crippen LogP) is -3.66. The van der Waals surface area contributed by atoms with E-state index >= 15 is 0 Å². The zero-order chi connectivity index (χ0) is 31.7. The quantitative estimate of drug-likeness (QED) is 0.0447. The molecule has 15 heteroatoms. The Morgan fingerprint density at radius 2 is 0.829 bits per heavy atom. The van der Waals surface area contributed by atoms with Crippen LogP contribution in [0.15, 0.2) is 0 Å². The zero-order valence-electron chi connectivity index (χ0n) is 23.5. The first kappa shape index (κ1) is 40.0. The monoisotopic (exact) mass is 604 g/mol. The number of carboxylic acid groups (broad SMARTS) is 1. The van der Waals surface area contributed by atoms with Gasteiger partial charge in [0.25, 0.3) is 0 Å². The maximum atomic E-state index is 11.6. The third kappa shape index (κ3) is 13.9. The summed E-state index contributed by atoms with van der Waals surface area (Å²) in [6.45, 7) is 1.04. The van der Waals surface area contributed by atoms with E-state index in [1.54, 1.807) is 0 Å². The number of hydrogen-bond donors (Lipinski definition) is 13. The number of aliphatic hydroxyl groups is 12. The standard InChI is InChI=1S/C26H52O15/c1-2-3-4-5-6-7-8-9-10-11-12-41-25(26(39)40)24(38)23(37)22(36)21(35)20(34)19(33)18(32)17(31)16(30)15(29)14(28)13-27/h14-25,27-38H,2-13H2,1H3,(H,39,40). The second-order valence-electron chi connectivity index (χ2n) is 10.5. The van der Waals surface area contributed by atoms with Gasteiger partial charge in [-0.15, -0.1) is 0 Å². The largest absolute Gasteiger partial charge is 0.479 e. The highest BCUT2D eigenvalue weighted by Gasteiger charge is 2.45. The van der Waals surface area contributed by atoms with Crippen LogP contribution in [-0.4, -0.2) is 159 Å². The molecule has 41 heavy (non-hydrogen) atoms. The third-order valence-corrected chi connectivity index (χ3v) is 7.08. The van der Waals surface area contributed by atoms with E-state index < -0.39 is 85.8 Å². The minimum absolute atomic E-state index is 0.0829. The van der Waals surface area contributed by atoms with Gasteiger partial charge in [0, 0.05) is 6.61 Å². The summed E-state index contributed by atoms with van der Waals surface area (Å²) in [5.41, 5.74) is 0. The van der Waals surface area contributed by atoms with Crippen LogP contribution in [0.1, 0.15) is 71.1 Å². The fourth-order valence-electron chi connectivity index (χ4n) is 4.25. The number of aliphatic carboxylic acids is 1. The topological polar surface area (TPSA) is 289 Å². The summed E-state index contributed by atoms with van der Waals surface area (Å²) >= 11 is 0. The Hall–Kier alpha value is -1.05. The summed E-state index contributed by atoms with van der Waals surface area (Å²) in [4.78, 5) is 11.6. The van der Waals surface area contributed by atoms with Crippen molar-refractivity contribution in [2.75, 3.05) is 13.2 Å². The summed E-state index contributed by atoms with van der Waals surface area (Å²) in [6.07, 6.45) is -18.0. The first-order chi connectivity index (χ1) is 19.2. The Labute approximate surface area is 239 Å². The maximum Gasteiger partial charge on any atom is 0.335 e. The van der Waals surface area contributed by atoms with Crippen molar-refractivity contribution in [3.8, 4) is 0 Å². The molecule has 0 heterocycles. The fraction of sp³-hybridized carbons (Fsp3) is 0.962. The Balaban J connectivity index is 4.85. The summed E-state index contributed by atoms with van der Waals surface area (Å²) in [5.74, 6) is -1.68. The average molecular weight is 605 g/mol. The van der Waals surface area contributed by atoms with Crippen LogP contribution >= 0.6 is 0 Å². The van der Waals surface area contributed by atoms with Crippen LogP contribution < -0.4 is 0 Å². The van der Waals surface area contributed by atoms with Crippen molar-refractivity contribution in [1.82, 2.24) is 0 Å². The molecule has 0 rings (SSSR count). The molecule has 12 unspecified atom stereocenters. The van der Waals surface area contributed by atoms with Crippen LogP contribution in [0.25, 0.3) is 0 Å². The lowest BCUT2D eigenvalue weighted by molar-refractivity contribution is -0.203. The average Bonchev–Trinajstić information content (AvgIpc) is 2.97. The summed E-state index contributed by atoms with van der Waals surface area (Å²) < 4.78 is 5.17. The lowest BCUT2D eigenvalue weighted by Crippen LogP contribution is -2.60. The van der Waals surface area contributed by atoms with Gasteiger partial charge in [0.15, 0.2) is 6.10 Å². The first-order valence-electron chi connectivity index (χ1n) is 14.2. The van der Waals surface area contributed by atoms with E-state index in [9.17, 15) is 66.1 Å². The maximum absolute atomic E-state index is 11.6. The molecule has 0 saturated carbocycles.